The maximum Gasteiger partial charge on any atom is 0.162 e. The third kappa shape index (κ3) is 2.80. The molecule has 0 radical (unpaired) electrons. The van der Waals surface area contributed by atoms with Gasteiger partial charge in [-0.1, -0.05) is 0 Å². The third-order valence-electron chi connectivity index (χ3n) is 3.60. The van der Waals surface area contributed by atoms with Crippen LogP contribution in [0.15, 0.2) is 12.1 Å². The number of benzene rings is 1. The van der Waals surface area contributed by atoms with Crippen LogP contribution in [-0.2, 0) is 0 Å². The highest BCUT2D eigenvalue weighted by Crippen LogP contribution is 2.37. The molecule has 0 unspecified atom stereocenters. The minimum Gasteiger partial charge on any atom is -0.504 e. The Hall–Kier alpha value is -1.77. The van der Waals surface area contributed by atoms with Crippen molar-refractivity contribution >= 4 is 0 Å². The number of ether oxygens (including phenoxy) is 1. The summed E-state index contributed by atoms with van der Waals surface area (Å²) in [6.07, 6.45) is 0. The van der Waals surface area contributed by atoms with Crippen LogP contribution in [0.2, 0.25) is 0 Å². The van der Waals surface area contributed by atoms with Gasteiger partial charge < -0.3 is 15.2 Å². The molecular formula is C14H19N3O2. The Balaban J connectivity index is 2.34. The molecule has 102 valence electrons. The number of methoxy groups -OCH3 is 1. The van der Waals surface area contributed by atoms with Gasteiger partial charge >= 0.3 is 0 Å². The van der Waals surface area contributed by atoms with Crippen molar-refractivity contribution < 1.29 is 9.84 Å². The molecule has 1 heterocycles. The minimum atomic E-state index is 0.0595. The van der Waals surface area contributed by atoms with Gasteiger partial charge in [0, 0.05) is 43.9 Å². The van der Waals surface area contributed by atoms with E-state index in [-0.39, 0.29) is 11.8 Å². The predicted molar refractivity (Wildman–Crippen MR) is 72.2 cm³/mol. The van der Waals surface area contributed by atoms with Crippen molar-refractivity contribution in [3.8, 4) is 17.6 Å². The second-order valence-corrected chi connectivity index (χ2v) is 4.69. The van der Waals surface area contributed by atoms with Crippen LogP contribution in [0.3, 0.4) is 0 Å². The van der Waals surface area contributed by atoms with Crippen LogP contribution < -0.4 is 10.1 Å². The molecule has 1 aromatic rings. The highest BCUT2D eigenvalue weighted by atomic mass is 16.5. The lowest BCUT2D eigenvalue weighted by atomic mass is 10.0. The van der Waals surface area contributed by atoms with E-state index in [9.17, 15) is 5.11 Å². The van der Waals surface area contributed by atoms with Gasteiger partial charge in [0.2, 0.25) is 0 Å². The van der Waals surface area contributed by atoms with Crippen molar-refractivity contribution in [3.63, 3.8) is 0 Å². The zero-order chi connectivity index (χ0) is 13.8. The monoisotopic (exact) mass is 261 g/mol. The molecule has 1 atom stereocenters. The van der Waals surface area contributed by atoms with E-state index in [1.807, 2.05) is 6.92 Å². The van der Waals surface area contributed by atoms with Crippen molar-refractivity contribution in [2.75, 3.05) is 33.3 Å². The van der Waals surface area contributed by atoms with Gasteiger partial charge in [0.05, 0.1) is 18.7 Å². The molecule has 0 spiro atoms. The van der Waals surface area contributed by atoms with Crippen LogP contribution in [0, 0.1) is 11.3 Å². The molecule has 0 saturated carbocycles. The van der Waals surface area contributed by atoms with Gasteiger partial charge in [-0.15, -0.1) is 0 Å². The van der Waals surface area contributed by atoms with Crippen LogP contribution in [0.4, 0.5) is 0 Å². The van der Waals surface area contributed by atoms with E-state index in [0.717, 1.165) is 31.7 Å². The summed E-state index contributed by atoms with van der Waals surface area (Å²) in [5.41, 5.74) is 1.25. The Bertz CT molecular complexity index is 490. The average Bonchev–Trinajstić information content (AvgIpc) is 2.47. The molecule has 0 amide bonds. The molecule has 1 fully saturated rings. The summed E-state index contributed by atoms with van der Waals surface area (Å²) in [6.45, 7) is 5.79. The Labute approximate surface area is 113 Å². The van der Waals surface area contributed by atoms with E-state index >= 15 is 0 Å². The van der Waals surface area contributed by atoms with Crippen LogP contribution in [-0.4, -0.2) is 43.3 Å². The summed E-state index contributed by atoms with van der Waals surface area (Å²) < 4.78 is 5.13. The number of nitriles is 1. The largest absolute Gasteiger partial charge is 0.504 e. The van der Waals surface area contributed by atoms with Gasteiger partial charge in [-0.25, -0.2) is 0 Å². The molecule has 0 bridgehead atoms. The second kappa shape index (κ2) is 5.91. The lowest BCUT2D eigenvalue weighted by Crippen LogP contribution is -2.44. The van der Waals surface area contributed by atoms with E-state index in [2.05, 4.69) is 16.3 Å². The molecule has 1 saturated heterocycles. The van der Waals surface area contributed by atoms with E-state index in [0.29, 0.717) is 11.3 Å². The highest BCUT2D eigenvalue weighted by Gasteiger charge is 2.22. The summed E-state index contributed by atoms with van der Waals surface area (Å²) in [5, 5.41) is 22.6. The smallest absolute Gasteiger partial charge is 0.162 e. The van der Waals surface area contributed by atoms with Crippen LogP contribution in [0.5, 0.6) is 11.5 Å². The van der Waals surface area contributed by atoms with Gasteiger partial charge in [-0.05, 0) is 13.0 Å². The fourth-order valence-electron chi connectivity index (χ4n) is 2.43. The normalized spacial score (nSPS) is 17.7. The SMILES string of the molecule is COc1cc(C#N)cc([C@@H](C)N2CCNCC2)c1O. The van der Waals surface area contributed by atoms with Crippen LogP contribution in [0.1, 0.15) is 24.1 Å². The van der Waals surface area contributed by atoms with Crippen molar-refractivity contribution in [3.05, 3.63) is 23.3 Å². The number of nitrogens with one attached hydrogen (secondary N) is 1. The predicted octanol–water partition coefficient (Wildman–Crippen LogP) is 1.24. The van der Waals surface area contributed by atoms with E-state index in [1.165, 1.54) is 7.11 Å². The quantitative estimate of drug-likeness (QED) is 0.856. The molecule has 2 N–H and O–H groups in total. The molecule has 5 nitrogen and oxygen atoms in total. The number of aromatic hydroxyl groups is 1. The Morgan fingerprint density at radius 2 is 2.11 bits per heavy atom. The first-order valence-electron chi connectivity index (χ1n) is 6.43. The van der Waals surface area contributed by atoms with E-state index in [1.54, 1.807) is 12.1 Å². The number of nitrogens with zero attached hydrogens (tertiary/aromatic N) is 2. The van der Waals surface area contributed by atoms with Gasteiger partial charge in [-0.3, -0.25) is 4.90 Å². The van der Waals surface area contributed by atoms with Crippen molar-refractivity contribution in [1.82, 2.24) is 10.2 Å². The summed E-state index contributed by atoms with van der Waals surface area (Å²) >= 11 is 0. The number of hydrogen-bond donors (Lipinski definition) is 2. The van der Waals surface area contributed by atoms with Crippen LogP contribution in [0.25, 0.3) is 0 Å². The maximum absolute atomic E-state index is 10.2. The fourth-order valence-corrected chi connectivity index (χ4v) is 2.43. The number of phenolic OH excluding ortho intramolecular Hbond substituents is 1. The summed E-state index contributed by atoms with van der Waals surface area (Å²) in [5.74, 6) is 0.489. The summed E-state index contributed by atoms with van der Waals surface area (Å²) in [4.78, 5) is 2.28. The van der Waals surface area contributed by atoms with Crippen molar-refractivity contribution in [2.24, 2.45) is 0 Å². The summed E-state index contributed by atoms with van der Waals surface area (Å²) in [7, 11) is 1.50. The van der Waals surface area contributed by atoms with Gasteiger partial charge in [0.25, 0.3) is 0 Å². The third-order valence-corrected chi connectivity index (χ3v) is 3.60. The van der Waals surface area contributed by atoms with E-state index < -0.39 is 0 Å². The topological polar surface area (TPSA) is 68.5 Å². The molecule has 19 heavy (non-hydrogen) atoms. The lowest BCUT2D eigenvalue weighted by molar-refractivity contribution is 0.182. The first-order valence-corrected chi connectivity index (χ1v) is 6.43. The Morgan fingerprint density at radius 3 is 2.68 bits per heavy atom. The van der Waals surface area contributed by atoms with Crippen molar-refractivity contribution in [2.45, 2.75) is 13.0 Å². The molecule has 0 aromatic heterocycles. The molecular weight excluding hydrogens is 242 g/mol. The average molecular weight is 261 g/mol. The number of phenols is 1. The molecule has 2 rings (SSSR count). The minimum absolute atomic E-state index is 0.0595. The molecule has 1 aliphatic rings. The maximum atomic E-state index is 10.2. The second-order valence-electron chi connectivity index (χ2n) is 4.69. The Morgan fingerprint density at radius 1 is 1.42 bits per heavy atom. The molecule has 5 heteroatoms. The first-order chi connectivity index (χ1) is 9.17. The standard InChI is InChI=1S/C14H19N3O2/c1-10(17-5-3-16-4-6-17)12-7-11(9-15)8-13(19-2)14(12)18/h7-8,10,16,18H,3-6H2,1-2H3/t10-/m1/s1. The van der Waals surface area contributed by atoms with Gasteiger partial charge in [0.1, 0.15) is 0 Å². The molecule has 1 aromatic carbocycles. The number of rotatable bonds is 3. The zero-order valence-electron chi connectivity index (χ0n) is 11.3. The zero-order valence-corrected chi connectivity index (χ0v) is 11.3. The number of piperazine rings is 1. The van der Waals surface area contributed by atoms with E-state index in [4.69, 9.17) is 10.00 Å². The van der Waals surface area contributed by atoms with Gasteiger partial charge in [-0.2, -0.15) is 5.26 Å². The van der Waals surface area contributed by atoms with Crippen molar-refractivity contribution in [1.29, 1.82) is 5.26 Å². The highest BCUT2D eigenvalue weighted by molar-refractivity contribution is 5.52. The Kier molecular flexibility index (Phi) is 4.25. The number of hydrogen-bond acceptors (Lipinski definition) is 5. The van der Waals surface area contributed by atoms with Gasteiger partial charge in [0.15, 0.2) is 11.5 Å². The fraction of sp³-hybridized carbons (Fsp3) is 0.500. The molecule has 1 aliphatic heterocycles. The lowest BCUT2D eigenvalue weighted by Gasteiger charge is -2.33. The first kappa shape index (κ1) is 13.7. The summed E-state index contributed by atoms with van der Waals surface area (Å²) in [6, 6.07) is 5.46. The van der Waals surface area contributed by atoms with Crippen LogP contribution >= 0.6 is 0 Å². The molecule has 0 aliphatic carbocycles.